The summed E-state index contributed by atoms with van der Waals surface area (Å²) in [5.74, 6) is -2.01. The summed E-state index contributed by atoms with van der Waals surface area (Å²) in [6, 6.07) is 9.15. The quantitative estimate of drug-likeness (QED) is 0.419. The first-order valence-corrected chi connectivity index (χ1v) is 13.8. The van der Waals surface area contributed by atoms with Crippen molar-refractivity contribution in [2.24, 2.45) is 5.92 Å². The Labute approximate surface area is 217 Å². The summed E-state index contributed by atoms with van der Waals surface area (Å²) >= 11 is 0. The van der Waals surface area contributed by atoms with Crippen LogP contribution in [0, 0.1) is 17.6 Å². The van der Waals surface area contributed by atoms with Crippen molar-refractivity contribution in [3.8, 4) is 5.75 Å². The topological polar surface area (TPSA) is 96.0 Å². The highest BCUT2D eigenvalue weighted by Gasteiger charge is 2.27. The molecular formula is C26H35F2N3O5S. The van der Waals surface area contributed by atoms with Gasteiger partial charge in [0.25, 0.3) is 0 Å². The van der Waals surface area contributed by atoms with Gasteiger partial charge in [-0.2, -0.15) is 0 Å². The van der Waals surface area contributed by atoms with Crippen molar-refractivity contribution < 1.29 is 31.5 Å². The van der Waals surface area contributed by atoms with Gasteiger partial charge in [-0.3, -0.25) is 13.9 Å². The maximum Gasteiger partial charge on any atom is 0.242 e. The molecule has 8 nitrogen and oxygen atoms in total. The van der Waals surface area contributed by atoms with Gasteiger partial charge >= 0.3 is 0 Å². The first kappa shape index (κ1) is 30.0. The van der Waals surface area contributed by atoms with E-state index in [-0.39, 0.29) is 49.4 Å². The molecule has 2 amide bonds. The second-order valence-corrected chi connectivity index (χ2v) is 11.1. The highest BCUT2D eigenvalue weighted by Crippen LogP contribution is 2.22. The van der Waals surface area contributed by atoms with E-state index in [2.05, 4.69) is 5.32 Å². The van der Waals surface area contributed by atoms with Gasteiger partial charge in [0.15, 0.2) is 11.6 Å². The number of nitrogens with one attached hydrogen (secondary N) is 1. The fourth-order valence-corrected chi connectivity index (χ4v) is 4.56. The van der Waals surface area contributed by atoms with Gasteiger partial charge in [0, 0.05) is 32.1 Å². The second kappa shape index (κ2) is 13.4. The van der Waals surface area contributed by atoms with Crippen molar-refractivity contribution in [1.82, 2.24) is 10.2 Å². The van der Waals surface area contributed by atoms with E-state index in [4.69, 9.17) is 4.74 Å². The van der Waals surface area contributed by atoms with Gasteiger partial charge in [-0.05, 0) is 49.1 Å². The van der Waals surface area contributed by atoms with E-state index < -0.39 is 27.7 Å². The van der Waals surface area contributed by atoms with E-state index >= 15 is 0 Å². The number of ether oxygens (including phenoxy) is 1. The molecule has 0 aromatic heterocycles. The van der Waals surface area contributed by atoms with Gasteiger partial charge in [-0.1, -0.05) is 26.0 Å². The monoisotopic (exact) mass is 539 g/mol. The average molecular weight is 540 g/mol. The molecule has 0 fully saturated rings. The molecule has 0 saturated carbocycles. The predicted octanol–water partition coefficient (Wildman–Crippen LogP) is 3.71. The summed E-state index contributed by atoms with van der Waals surface area (Å²) in [5.41, 5.74) is 0.752. The lowest BCUT2D eigenvalue weighted by molar-refractivity contribution is -0.140. The van der Waals surface area contributed by atoms with Crippen LogP contribution in [-0.4, -0.2) is 57.6 Å². The SMILES string of the molecule is COc1ccc(CN(C(=O)CCCN(c2ccc(F)c(F)c2)S(C)(=O)=O)[C@H](C)C(=O)NCC(C)C)cc1. The van der Waals surface area contributed by atoms with E-state index in [1.165, 1.54) is 11.0 Å². The van der Waals surface area contributed by atoms with Gasteiger partial charge in [0.05, 0.1) is 19.1 Å². The Morgan fingerprint density at radius 2 is 1.68 bits per heavy atom. The highest BCUT2D eigenvalue weighted by atomic mass is 32.2. The molecule has 204 valence electrons. The van der Waals surface area contributed by atoms with Crippen molar-refractivity contribution >= 4 is 27.5 Å². The number of rotatable bonds is 13. The fourth-order valence-electron chi connectivity index (χ4n) is 3.61. The minimum atomic E-state index is -3.82. The number of nitrogens with zero attached hydrogens (tertiary/aromatic N) is 2. The molecule has 0 heterocycles. The molecule has 0 radical (unpaired) electrons. The smallest absolute Gasteiger partial charge is 0.242 e. The molecule has 1 atom stereocenters. The summed E-state index contributed by atoms with van der Waals surface area (Å²) in [4.78, 5) is 27.5. The number of anilines is 1. The van der Waals surface area contributed by atoms with E-state index in [0.29, 0.717) is 12.3 Å². The summed E-state index contributed by atoms with van der Waals surface area (Å²) in [6.07, 6.45) is 0.991. The largest absolute Gasteiger partial charge is 0.497 e. The van der Waals surface area contributed by atoms with Crippen LogP contribution in [0.2, 0.25) is 0 Å². The summed E-state index contributed by atoms with van der Waals surface area (Å²) in [7, 11) is -2.28. The Hall–Kier alpha value is -3.21. The van der Waals surface area contributed by atoms with Crippen LogP contribution in [0.15, 0.2) is 42.5 Å². The number of hydrogen-bond acceptors (Lipinski definition) is 5. The fraction of sp³-hybridized carbons (Fsp3) is 0.462. The minimum absolute atomic E-state index is 0.0367. The Balaban J connectivity index is 2.18. The first-order valence-electron chi connectivity index (χ1n) is 12.0. The molecule has 2 rings (SSSR count). The zero-order valence-corrected chi connectivity index (χ0v) is 22.6. The van der Waals surface area contributed by atoms with Crippen molar-refractivity contribution in [2.45, 2.75) is 46.2 Å². The summed E-state index contributed by atoms with van der Waals surface area (Å²) in [5, 5.41) is 2.84. The Morgan fingerprint density at radius 3 is 2.22 bits per heavy atom. The molecule has 11 heteroatoms. The number of benzene rings is 2. The number of carbonyl (C=O) groups is 2. The molecule has 0 aliphatic carbocycles. The minimum Gasteiger partial charge on any atom is -0.497 e. The van der Waals surface area contributed by atoms with Gasteiger partial charge in [-0.15, -0.1) is 0 Å². The Kier molecular flexibility index (Phi) is 10.8. The zero-order valence-electron chi connectivity index (χ0n) is 21.8. The number of methoxy groups -OCH3 is 1. The van der Waals surface area contributed by atoms with Crippen LogP contribution in [0.4, 0.5) is 14.5 Å². The molecule has 0 saturated heterocycles. The number of sulfonamides is 1. The molecule has 0 aliphatic rings. The predicted molar refractivity (Wildman–Crippen MR) is 139 cm³/mol. The Morgan fingerprint density at radius 1 is 1.03 bits per heavy atom. The molecule has 2 aromatic carbocycles. The van der Waals surface area contributed by atoms with Crippen LogP contribution in [0.3, 0.4) is 0 Å². The molecule has 37 heavy (non-hydrogen) atoms. The van der Waals surface area contributed by atoms with Crippen LogP contribution >= 0.6 is 0 Å². The van der Waals surface area contributed by atoms with Crippen molar-refractivity contribution in [3.05, 3.63) is 59.7 Å². The number of hydrogen-bond donors (Lipinski definition) is 1. The molecule has 1 N–H and O–H groups in total. The van der Waals surface area contributed by atoms with Crippen molar-refractivity contribution in [1.29, 1.82) is 0 Å². The van der Waals surface area contributed by atoms with Crippen LogP contribution in [0.25, 0.3) is 0 Å². The van der Waals surface area contributed by atoms with E-state index in [1.807, 2.05) is 13.8 Å². The number of amides is 2. The lowest BCUT2D eigenvalue weighted by Crippen LogP contribution is -2.48. The molecule has 0 unspecified atom stereocenters. The van der Waals surface area contributed by atoms with Gasteiger partial charge in [0.1, 0.15) is 11.8 Å². The first-order chi connectivity index (χ1) is 17.3. The lowest BCUT2D eigenvalue weighted by Gasteiger charge is -2.29. The number of halogens is 2. The second-order valence-electron chi connectivity index (χ2n) is 9.22. The van der Waals surface area contributed by atoms with Crippen molar-refractivity contribution in [3.63, 3.8) is 0 Å². The number of carbonyl (C=O) groups excluding carboxylic acids is 2. The standard InChI is InChI=1S/C26H35F2N3O5S/c1-18(2)16-29-26(33)19(3)30(17-20-8-11-22(36-4)12-9-20)25(32)7-6-14-31(37(5,34)35)21-10-13-23(27)24(28)15-21/h8-13,15,18-19H,6-7,14,16-17H2,1-5H3,(H,29,33)/t19-/m1/s1. The van der Waals surface area contributed by atoms with E-state index in [0.717, 1.165) is 28.3 Å². The van der Waals surface area contributed by atoms with Crippen LogP contribution in [0.1, 0.15) is 39.2 Å². The normalized spacial score (nSPS) is 12.2. The lowest BCUT2D eigenvalue weighted by atomic mass is 10.1. The van der Waals surface area contributed by atoms with Crippen molar-refractivity contribution in [2.75, 3.05) is 30.8 Å². The van der Waals surface area contributed by atoms with Crippen LogP contribution in [-0.2, 0) is 26.2 Å². The molecule has 0 spiro atoms. The maximum absolute atomic E-state index is 13.7. The van der Waals surface area contributed by atoms with Crippen LogP contribution in [0.5, 0.6) is 5.75 Å². The molecular weight excluding hydrogens is 504 g/mol. The zero-order chi connectivity index (χ0) is 27.8. The summed E-state index contributed by atoms with van der Waals surface area (Å²) in [6.45, 7) is 6.07. The molecule has 0 bridgehead atoms. The van der Waals surface area contributed by atoms with Gasteiger partial charge in [0.2, 0.25) is 21.8 Å². The molecule has 2 aromatic rings. The summed E-state index contributed by atoms with van der Waals surface area (Å²) < 4.78 is 57.8. The molecule has 0 aliphatic heterocycles. The highest BCUT2D eigenvalue weighted by molar-refractivity contribution is 7.92. The third-order valence-electron chi connectivity index (χ3n) is 5.71. The third kappa shape index (κ3) is 8.99. The average Bonchev–Trinajstić information content (AvgIpc) is 2.84. The van der Waals surface area contributed by atoms with E-state index in [9.17, 15) is 26.8 Å². The van der Waals surface area contributed by atoms with E-state index in [1.54, 1.807) is 38.3 Å². The van der Waals surface area contributed by atoms with Gasteiger partial charge < -0.3 is 15.0 Å². The maximum atomic E-state index is 13.7. The van der Waals surface area contributed by atoms with Gasteiger partial charge in [-0.25, -0.2) is 17.2 Å². The Bertz CT molecular complexity index is 1170. The van der Waals surface area contributed by atoms with Crippen LogP contribution < -0.4 is 14.4 Å². The third-order valence-corrected chi connectivity index (χ3v) is 6.90.